The van der Waals surface area contributed by atoms with Crippen LogP contribution in [0.1, 0.15) is 38.3 Å². The van der Waals surface area contributed by atoms with Gasteiger partial charge < -0.3 is 14.2 Å². The zero-order chi connectivity index (χ0) is 19.4. The van der Waals surface area contributed by atoms with Crippen molar-refractivity contribution in [1.29, 1.82) is 5.26 Å². The number of esters is 2. The number of ether oxygens (including phenoxy) is 3. The summed E-state index contributed by atoms with van der Waals surface area (Å²) in [5.41, 5.74) is 2.76. The van der Waals surface area contributed by atoms with E-state index in [2.05, 4.69) is 0 Å². The minimum atomic E-state index is -1.13. The van der Waals surface area contributed by atoms with Crippen LogP contribution in [0.25, 0.3) is 0 Å². The van der Waals surface area contributed by atoms with Gasteiger partial charge in [0, 0.05) is 6.42 Å². The second-order valence-corrected chi connectivity index (χ2v) is 6.44. The molecule has 0 unspecified atom stereocenters. The maximum atomic E-state index is 12.3. The highest BCUT2D eigenvalue weighted by Gasteiger charge is 2.41. The molecule has 6 heteroatoms. The number of aryl methyl sites for hydroxylation is 2. The average Bonchev–Trinajstić information content (AvgIpc) is 3.04. The minimum absolute atomic E-state index is 0.139. The molecule has 138 valence electrons. The number of hydrogen-bond donors (Lipinski definition) is 0. The van der Waals surface area contributed by atoms with Gasteiger partial charge in [-0.25, -0.2) is 9.59 Å². The third-order valence-corrected chi connectivity index (χ3v) is 4.25. The highest BCUT2D eigenvalue weighted by molar-refractivity contribution is 5.90. The van der Waals surface area contributed by atoms with Crippen LogP contribution in [0, 0.1) is 25.2 Å². The second kappa shape index (κ2) is 8.02. The van der Waals surface area contributed by atoms with Crippen LogP contribution in [-0.2, 0) is 14.2 Å². The maximum Gasteiger partial charge on any atom is 0.340 e. The normalized spacial score (nSPS) is 21.3. The molecular formula is C21H19NO5. The van der Waals surface area contributed by atoms with Crippen LogP contribution in [0.15, 0.2) is 48.5 Å². The standard InChI is InChI=1S/C21H19NO5/c1-13-3-7-15(8-4-13)19(23)26-18-11-17(12-22)25-21(18)27-20(24)16-9-5-14(2)6-10-16/h3-10,17-18,21H,11H2,1-2H3/t17-,18+,21-/m1/s1. The van der Waals surface area contributed by atoms with Gasteiger partial charge in [0.05, 0.1) is 17.2 Å². The zero-order valence-electron chi connectivity index (χ0n) is 15.0. The van der Waals surface area contributed by atoms with Gasteiger partial charge in [0.1, 0.15) is 0 Å². The van der Waals surface area contributed by atoms with Crippen LogP contribution < -0.4 is 0 Å². The Bertz CT molecular complexity index is 799. The lowest BCUT2D eigenvalue weighted by Crippen LogP contribution is -2.31. The Kier molecular flexibility index (Phi) is 5.53. The number of hydrogen-bond acceptors (Lipinski definition) is 6. The van der Waals surface area contributed by atoms with Crippen LogP contribution in [0.2, 0.25) is 0 Å². The third kappa shape index (κ3) is 4.52. The Morgan fingerprint density at radius 2 is 1.41 bits per heavy atom. The molecule has 1 heterocycles. The first kappa shape index (κ1) is 18.6. The van der Waals surface area contributed by atoms with Crippen molar-refractivity contribution in [2.24, 2.45) is 0 Å². The summed E-state index contributed by atoms with van der Waals surface area (Å²) < 4.78 is 16.2. The molecule has 3 atom stereocenters. The van der Waals surface area contributed by atoms with Gasteiger partial charge in [-0.05, 0) is 38.1 Å². The smallest absolute Gasteiger partial charge is 0.340 e. The van der Waals surface area contributed by atoms with Gasteiger partial charge in [0.15, 0.2) is 12.2 Å². The van der Waals surface area contributed by atoms with Gasteiger partial charge in [-0.3, -0.25) is 0 Å². The molecule has 2 aromatic rings. The number of carbonyl (C=O) groups excluding carboxylic acids is 2. The van der Waals surface area contributed by atoms with Gasteiger partial charge in [0.2, 0.25) is 6.29 Å². The quantitative estimate of drug-likeness (QED) is 0.773. The highest BCUT2D eigenvalue weighted by atomic mass is 16.7. The minimum Gasteiger partial charge on any atom is -0.452 e. The van der Waals surface area contributed by atoms with Crippen molar-refractivity contribution < 1.29 is 23.8 Å². The van der Waals surface area contributed by atoms with E-state index in [1.54, 1.807) is 48.5 Å². The van der Waals surface area contributed by atoms with Crippen molar-refractivity contribution in [3.05, 3.63) is 70.8 Å². The molecule has 0 amide bonds. The zero-order valence-corrected chi connectivity index (χ0v) is 15.0. The van der Waals surface area contributed by atoms with Gasteiger partial charge in [-0.2, -0.15) is 5.26 Å². The van der Waals surface area contributed by atoms with E-state index in [1.807, 2.05) is 19.9 Å². The Morgan fingerprint density at radius 3 is 1.89 bits per heavy atom. The van der Waals surface area contributed by atoms with E-state index in [1.165, 1.54) is 0 Å². The summed E-state index contributed by atoms with van der Waals surface area (Å²) in [7, 11) is 0. The lowest BCUT2D eigenvalue weighted by Gasteiger charge is -2.19. The Hall–Kier alpha value is -3.17. The fourth-order valence-electron chi connectivity index (χ4n) is 2.68. The van der Waals surface area contributed by atoms with Gasteiger partial charge in [-0.15, -0.1) is 0 Å². The Balaban J connectivity index is 1.69. The van der Waals surface area contributed by atoms with Crippen molar-refractivity contribution in [2.45, 2.75) is 38.8 Å². The third-order valence-electron chi connectivity index (χ3n) is 4.25. The molecule has 6 nitrogen and oxygen atoms in total. The average molecular weight is 365 g/mol. The van der Waals surface area contributed by atoms with E-state index in [9.17, 15) is 9.59 Å². The predicted molar refractivity (Wildman–Crippen MR) is 95.9 cm³/mol. The van der Waals surface area contributed by atoms with E-state index in [4.69, 9.17) is 19.5 Å². The maximum absolute atomic E-state index is 12.3. The summed E-state index contributed by atoms with van der Waals surface area (Å²) in [6.07, 6.45) is -2.65. The monoisotopic (exact) mass is 365 g/mol. The number of rotatable bonds is 4. The van der Waals surface area contributed by atoms with Gasteiger partial charge >= 0.3 is 11.9 Å². The van der Waals surface area contributed by atoms with Crippen molar-refractivity contribution in [3.63, 3.8) is 0 Å². The second-order valence-electron chi connectivity index (χ2n) is 6.44. The molecule has 0 N–H and O–H groups in total. The molecule has 0 radical (unpaired) electrons. The molecule has 2 aromatic carbocycles. The predicted octanol–water partition coefficient (Wildman–Crippen LogP) is 3.32. The van der Waals surface area contributed by atoms with Crippen LogP contribution in [-0.4, -0.2) is 30.4 Å². The van der Waals surface area contributed by atoms with Crippen LogP contribution in [0.5, 0.6) is 0 Å². The Morgan fingerprint density at radius 1 is 0.926 bits per heavy atom. The van der Waals surface area contributed by atoms with E-state index in [0.717, 1.165) is 11.1 Å². The molecular weight excluding hydrogens is 346 g/mol. The van der Waals surface area contributed by atoms with Crippen molar-refractivity contribution in [3.8, 4) is 6.07 Å². The lowest BCUT2D eigenvalue weighted by molar-refractivity contribution is -0.129. The van der Waals surface area contributed by atoms with Crippen LogP contribution in [0.4, 0.5) is 0 Å². The molecule has 1 aliphatic heterocycles. The first-order chi connectivity index (χ1) is 13.0. The van der Waals surface area contributed by atoms with E-state index >= 15 is 0 Å². The first-order valence-corrected chi connectivity index (χ1v) is 8.56. The summed E-state index contributed by atoms with van der Waals surface area (Å²) in [6, 6.07) is 15.7. The van der Waals surface area contributed by atoms with Gasteiger partial charge in [0.25, 0.3) is 0 Å². The molecule has 1 aliphatic rings. The van der Waals surface area contributed by atoms with E-state index in [-0.39, 0.29) is 6.42 Å². The van der Waals surface area contributed by atoms with E-state index < -0.39 is 30.4 Å². The number of benzene rings is 2. The Labute approximate surface area is 157 Å². The molecule has 0 aliphatic carbocycles. The van der Waals surface area contributed by atoms with Crippen molar-refractivity contribution in [1.82, 2.24) is 0 Å². The fraction of sp³-hybridized carbons (Fsp3) is 0.286. The van der Waals surface area contributed by atoms with Crippen LogP contribution >= 0.6 is 0 Å². The van der Waals surface area contributed by atoms with Crippen molar-refractivity contribution in [2.75, 3.05) is 0 Å². The summed E-state index contributed by atoms with van der Waals surface area (Å²) in [6.45, 7) is 3.82. The summed E-state index contributed by atoms with van der Waals surface area (Å²) in [5, 5.41) is 9.11. The summed E-state index contributed by atoms with van der Waals surface area (Å²) in [4.78, 5) is 24.7. The fourth-order valence-corrected chi connectivity index (χ4v) is 2.68. The molecule has 0 bridgehead atoms. The molecule has 0 aromatic heterocycles. The lowest BCUT2D eigenvalue weighted by atomic mass is 10.1. The van der Waals surface area contributed by atoms with Gasteiger partial charge in [-0.1, -0.05) is 35.4 Å². The largest absolute Gasteiger partial charge is 0.452 e. The molecule has 0 spiro atoms. The molecule has 1 saturated heterocycles. The number of nitrogens with zero attached hydrogens (tertiary/aromatic N) is 1. The number of carbonyl (C=O) groups is 2. The first-order valence-electron chi connectivity index (χ1n) is 8.56. The summed E-state index contributed by atoms with van der Waals surface area (Å²) >= 11 is 0. The molecule has 3 rings (SSSR count). The van der Waals surface area contributed by atoms with E-state index in [0.29, 0.717) is 11.1 Å². The SMILES string of the molecule is Cc1ccc(C(=O)O[C@H]2O[C@@H](C#N)C[C@@H]2OC(=O)c2ccc(C)cc2)cc1. The molecule has 27 heavy (non-hydrogen) atoms. The number of nitriles is 1. The highest BCUT2D eigenvalue weighted by Crippen LogP contribution is 2.26. The molecule has 1 fully saturated rings. The van der Waals surface area contributed by atoms with Crippen LogP contribution in [0.3, 0.4) is 0 Å². The topological polar surface area (TPSA) is 85.6 Å². The van der Waals surface area contributed by atoms with Crippen molar-refractivity contribution >= 4 is 11.9 Å². The molecule has 0 saturated carbocycles. The summed E-state index contributed by atoms with van der Waals surface area (Å²) in [5.74, 6) is -1.16.